The Morgan fingerprint density at radius 2 is 2.22 bits per heavy atom. The Hall–Kier alpha value is -2.26. The van der Waals surface area contributed by atoms with Gasteiger partial charge in [-0.2, -0.15) is 16.3 Å². The molecule has 0 bridgehead atoms. The van der Waals surface area contributed by atoms with Crippen LogP contribution in [0.5, 0.6) is 0 Å². The molecule has 4 rings (SSSR count). The van der Waals surface area contributed by atoms with E-state index in [-0.39, 0.29) is 24.9 Å². The molecule has 9 heteroatoms. The number of thiophene rings is 1. The van der Waals surface area contributed by atoms with Crippen LogP contribution in [0.15, 0.2) is 21.3 Å². The average Bonchev–Trinajstić information content (AvgIpc) is 3.38. The molecule has 144 valence electrons. The number of hydrogen-bond donors (Lipinski definition) is 2. The lowest BCUT2D eigenvalue weighted by molar-refractivity contribution is -0.137. The van der Waals surface area contributed by atoms with Gasteiger partial charge in [-0.3, -0.25) is 14.9 Å². The third-order valence-corrected chi connectivity index (χ3v) is 5.97. The van der Waals surface area contributed by atoms with Crippen molar-refractivity contribution in [1.82, 2.24) is 25.7 Å². The first-order chi connectivity index (χ1) is 13.2. The number of hydrogen-bond acceptors (Lipinski definition) is 7. The average molecular weight is 389 g/mol. The van der Waals surface area contributed by atoms with E-state index in [1.165, 1.54) is 0 Å². The molecule has 27 heavy (non-hydrogen) atoms. The predicted molar refractivity (Wildman–Crippen MR) is 100.0 cm³/mol. The van der Waals surface area contributed by atoms with E-state index in [9.17, 15) is 9.59 Å². The quantitative estimate of drug-likeness (QED) is 0.804. The lowest BCUT2D eigenvalue weighted by Crippen LogP contribution is -2.54. The van der Waals surface area contributed by atoms with Gasteiger partial charge in [-0.25, -0.2) is 0 Å². The smallest absolute Gasteiger partial charge is 0.247 e. The molecule has 1 saturated heterocycles. The summed E-state index contributed by atoms with van der Waals surface area (Å²) in [7, 11) is 0. The Morgan fingerprint density at radius 1 is 1.37 bits per heavy atom. The Labute approximate surface area is 161 Å². The number of carbonyl (C=O) groups excluding carboxylic acids is 2. The fourth-order valence-electron chi connectivity index (χ4n) is 3.76. The number of carbonyl (C=O) groups is 2. The number of amides is 2. The van der Waals surface area contributed by atoms with Gasteiger partial charge in [0.1, 0.15) is 0 Å². The zero-order valence-corrected chi connectivity index (χ0v) is 15.9. The van der Waals surface area contributed by atoms with Gasteiger partial charge in [0, 0.05) is 24.0 Å². The first-order valence-electron chi connectivity index (χ1n) is 9.33. The molecule has 2 aliphatic rings. The van der Waals surface area contributed by atoms with Gasteiger partial charge in [0.15, 0.2) is 0 Å². The molecule has 2 amide bonds. The highest BCUT2D eigenvalue weighted by molar-refractivity contribution is 7.08. The minimum atomic E-state index is -0.479. The number of nitrogens with zero attached hydrogens (tertiary/aromatic N) is 3. The van der Waals surface area contributed by atoms with Crippen molar-refractivity contribution in [2.45, 2.75) is 37.6 Å². The largest absolute Gasteiger partial charge is 0.353 e. The summed E-state index contributed by atoms with van der Waals surface area (Å²) in [5.74, 6) is 0.941. The summed E-state index contributed by atoms with van der Waals surface area (Å²) in [6.45, 7) is 1.32. The number of rotatable bonds is 5. The van der Waals surface area contributed by atoms with Crippen LogP contribution in [0.2, 0.25) is 0 Å². The molecule has 1 aliphatic carbocycles. The van der Waals surface area contributed by atoms with E-state index in [4.69, 9.17) is 4.52 Å². The van der Waals surface area contributed by atoms with E-state index in [0.29, 0.717) is 24.8 Å². The summed E-state index contributed by atoms with van der Waals surface area (Å²) >= 11 is 1.59. The molecule has 0 spiro atoms. The summed E-state index contributed by atoms with van der Waals surface area (Å²) in [5.41, 5.74) is 0.462. The lowest BCUT2D eigenvalue weighted by atomic mass is 9.81. The number of nitrogens with one attached hydrogen (secondary N) is 2. The molecular weight excluding hydrogens is 366 g/mol. The van der Waals surface area contributed by atoms with Crippen LogP contribution in [0.25, 0.3) is 11.4 Å². The number of aromatic nitrogens is 2. The first-order valence-corrected chi connectivity index (χ1v) is 10.3. The molecular formula is C18H23N5O3S. The van der Waals surface area contributed by atoms with Crippen LogP contribution in [0.4, 0.5) is 0 Å². The standard InChI is InChI=1S/C18H23N5O3S/c24-14-11-23(8-7-19-14)15(25)10-20-18(5-2-1-3-6-18)17-21-16(22-26-17)13-4-9-27-12-13/h4,9,12,20H,1-3,5-8,10-11H2,(H,19,24). The van der Waals surface area contributed by atoms with Crippen molar-refractivity contribution in [3.05, 3.63) is 22.7 Å². The molecule has 0 aromatic carbocycles. The topological polar surface area (TPSA) is 100 Å². The Balaban J connectivity index is 1.49. The van der Waals surface area contributed by atoms with Crippen molar-refractivity contribution in [2.24, 2.45) is 0 Å². The summed E-state index contributed by atoms with van der Waals surface area (Å²) in [4.78, 5) is 30.3. The molecule has 0 radical (unpaired) electrons. The zero-order valence-electron chi connectivity index (χ0n) is 15.1. The van der Waals surface area contributed by atoms with Gasteiger partial charge in [-0.15, -0.1) is 0 Å². The molecule has 0 unspecified atom stereocenters. The van der Waals surface area contributed by atoms with Gasteiger partial charge < -0.3 is 14.7 Å². The van der Waals surface area contributed by atoms with Crippen molar-refractivity contribution in [3.8, 4) is 11.4 Å². The second kappa shape index (κ2) is 7.77. The molecule has 2 fully saturated rings. The normalized spacial score (nSPS) is 19.7. The molecule has 3 heterocycles. The van der Waals surface area contributed by atoms with Gasteiger partial charge in [0.05, 0.1) is 18.6 Å². The molecule has 0 atom stereocenters. The van der Waals surface area contributed by atoms with E-state index in [1.807, 2.05) is 16.8 Å². The second-order valence-electron chi connectivity index (χ2n) is 7.10. The minimum Gasteiger partial charge on any atom is -0.353 e. The first kappa shape index (κ1) is 18.1. The highest BCUT2D eigenvalue weighted by Gasteiger charge is 2.40. The van der Waals surface area contributed by atoms with E-state index in [0.717, 1.165) is 37.7 Å². The van der Waals surface area contributed by atoms with Gasteiger partial charge in [-0.1, -0.05) is 24.4 Å². The highest BCUT2D eigenvalue weighted by Crippen LogP contribution is 2.37. The summed E-state index contributed by atoms with van der Waals surface area (Å²) in [6.07, 6.45) is 4.96. The number of piperazine rings is 1. The van der Waals surface area contributed by atoms with Crippen molar-refractivity contribution in [3.63, 3.8) is 0 Å². The molecule has 1 aliphatic heterocycles. The van der Waals surface area contributed by atoms with Crippen LogP contribution in [-0.4, -0.2) is 53.0 Å². The van der Waals surface area contributed by atoms with Gasteiger partial charge in [-0.05, 0) is 24.3 Å². The summed E-state index contributed by atoms with van der Waals surface area (Å²) in [5, 5.41) is 14.2. The van der Waals surface area contributed by atoms with Crippen molar-refractivity contribution in [2.75, 3.05) is 26.2 Å². The highest BCUT2D eigenvalue weighted by atomic mass is 32.1. The molecule has 2 aromatic heterocycles. The van der Waals surface area contributed by atoms with Gasteiger partial charge in [0.25, 0.3) is 0 Å². The molecule has 1 saturated carbocycles. The maximum absolute atomic E-state index is 12.6. The van der Waals surface area contributed by atoms with E-state index in [2.05, 4.69) is 20.8 Å². The second-order valence-corrected chi connectivity index (χ2v) is 7.88. The molecule has 2 N–H and O–H groups in total. The van der Waals surface area contributed by atoms with Crippen molar-refractivity contribution in [1.29, 1.82) is 0 Å². The Morgan fingerprint density at radius 3 is 2.96 bits per heavy atom. The van der Waals surface area contributed by atoms with Crippen LogP contribution < -0.4 is 10.6 Å². The van der Waals surface area contributed by atoms with Crippen LogP contribution >= 0.6 is 11.3 Å². The van der Waals surface area contributed by atoms with E-state index < -0.39 is 5.54 Å². The van der Waals surface area contributed by atoms with Crippen LogP contribution in [0.1, 0.15) is 38.0 Å². The fraction of sp³-hybridized carbons (Fsp3) is 0.556. The van der Waals surface area contributed by atoms with Crippen molar-refractivity contribution >= 4 is 23.2 Å². The van der Waals surface area contributed by atoms with Crippen molar-refractivity contribution < 1.29 is 14.1 Å². The van der Waals surface area contributed by atoms with E-state index >= 15 is 0 Å². The summed E-state index contributed by atoms with van der Waals surface area (Å²) in [6, 6.07) is 1.96. The van der Waals surface area contributed by atoms with Gasteiger partial charge in [0.2, 0.25) is 23.5 Å². The van der Waals surface area contributed by atoms with Gasteiger partial charge >= 0.3 is 0 Å². The van der Waals surface area contributed by atoms with Crippen LogP contribution in [0, 0.1) is 0 Å². The zero-order chi connectivity index (χ0) is 18.7. The maximum Gasteiger partial charge on any atom is 0.247 e. The summed E-state index contributed by atoms with van der Waals surface area (Å²) < 4.78 is 5.62. The molecule has 2 aromatic rings. The minimum absolute atomic E-state index is 0.0765. The Bertz CT molecular complexity index is 798. The monoisotopic (exact) mass is 389 g/mol. The fourth-order valence-corrected chi connectivity index (χ4v) is 4.39. The predicted octanol–water partition coefficient (Wildman–Crippen LogP) is 1.51. The van der Waals surface area contributed by atoms with Crippen LogP contribution in [0.3, 0.4) is 0 Å². The SMILES string of the molecule is O=C1CN(C(=O)CNC2(c3nc(-c4ccsc4)no3)CCCCC2)CCN1. The Kier molecular flexibility index (Phi) is 5.22. The lowest BCUT2D eigenvalue weighted by Gasteiger charge is -2.35. The van der Waals surface area contributed by atoms with E-state index in [1.54, 1.807) is 16.2 Å². The molecule has 8 nitrogen and oxygen atoms in total. The third-order valence-electron chi connectivity index (χ3n) is 5.29. The van der Waals surface area contributed by atoms with Crippen LogP contribution in [-0.2, 0) is 15.1 Å². The maximum atomic E-state index is 12.6. The third kappa shape index (κ3) is 3.89.